The topological polar surface area (TPSA) is 66.0 Å². The van der Waals surface area contributed by atoms with Crippen molar-refractivity contribution in [2.75, 3.05) is 36.0 Å². The number of aryl methyl sites for hydroxylation is 1. The third-order valence-electron chi connectivity index (χ3n) is 7.25. The lowest BCUT2D eigenvalue weighted by atomic mass is 10.1. The van der Waals surface area contributed by atoms with Crippen molar-refractivity contribution >= 4 is 29.4 Å². The molecule has 0 aliphatic carbocycles. The van der Waals surface area contributed by atoms with Gasteiger partial charge in [0.25, 0.3) is 11.8 Å². The van der Waals surface area contributed by atoms with Gasteiger partial charge in [-0.15, -0.1) is 0 Å². The quantitative estimate of drug-likeness (QED) is 0.327. The number of pyridine rings is 1. The monoisotopic (exact) mass is 530 g/mol. The summed E-state index contributed by atoms with van der Waals surface area (Å²) in [6.07, 6.45) is 3.53. The van der Waals surface area contributed by atoms with Crippen molar-refractivity contribution in [2.24, 2.45) is 0 Å². The van der Waals surface area contributed by atoms with Crippen molar-refractivity contribution in [1.82, 2.24) is 9.88 Å². The number of hydrogen-bond donors (Lipinski definition) is 0. The Hall–Kier alpha value is -4.91. The van der Waals surface area contributed by atoms with Crippen LogP contribution in [0, 0.1) is 6.92 Å². The largest absolute Gasteiger partial charge is 0.449 e. The number of para-hydroxylation sites is 2. The Morgan fingerprint density at radius 1 is 0.900 bits per heavy atom. The number of carbonyl (C=O) groups excluding carboxylic acids is 2. The van der Waals surface area contributed by atoms with Crippen molar-refractivity contribution in [2.45, 2.75) is 13.5 Å². The molecule has 0 spiro atoms. The fourth-order valence-corrected chi connectivity index (χ4v) is 5.15. The first-order valence-electron chi connectivity index (χ1n) is 13.5. The van der Waals surface area contributed by atoms with Crippen molar-refractivity contribution in [3.8, 4) is 5.75 Å². The summed E-state index contributed by atoms with van der Waals surface area (Å²) in [6.45, 7) is 5.25. The van der Waals surface area contributed by atoms with Gasteiger partial charge in [0, 0.05) is 37.9 Å². The van der Waals surface area contributed by atoms with Gasteiger partial charge in [-0.3, -0.25) is 14.5 Å². The molecule has 1 fully saturated rings. The second-order valence-electron chi connectivity index (χ2n) is 10.0. The maximum atomic E-state index is 13.6. The van der Waals surface area contributed by atoms with Gasteiger partial charge in [-0.2, -0.15) is 0 Å². The summed E-state index contributed by atoms with van der Waals surface area (Å²) < 4.78 is 6.04. The van der Waals surface area contributed by atoms with Gasteiger partial charge in [0.1, 0.15) is 5.82 Å². The van der Waals surface area contributed by atoms with Gasteiger partial charge in [-0.05, 0) is 60.5 Å². The third-order valence-corrected chi connectivity index (χ3v) is 7.25. The zero-order chi connectivity index (χ0) is 27.5. The second kappa shape index (κ2) is 11.1. The molecule has 2 aliphatic heterocycles. The number of piperazine rings is 1. The van der Waals surface area contributed by atoms with Crippen LogP contribution in [-0.4, -0.2) is 47.9 Å². The molecule has 0 unspecified atom stereocenters. The summed E-state index contributed by atoms with van der Waals surface area (Å²) in [5, 5.41) is 0. The lowest BCUT2D eigenvalue weighted by Crippen LogP contribution is -2.49. The summed E-state index contributed by atoms with van der Waals surface area (Å²) >= 11 is 0. The maximum Gasteiger partial charge on any atom is 0.294 e. The van der Waals surface area contributed by atoms with E-state index in [2.05, 4.69) is 16.0 Å². The van der Waals surface area contributed by atoms with Crippen LogP contribution in [0.4, 0.5) is 11.5 Å². The van der Waals surface area contributed by atoms with E-state index in [0.29, 0.717) is 30.9 Å². The molecule has 1 aromatic heterocycles. The minimum absolute atomic E-state index is 0.00289. The molecule has 6 rings (SSSR count). The molecule has 0 radical (unpaired) electrons. The summed E-state index contributed by atoms with van der Waals surface area (Å²) in [4.78, 5) is 37.0. The van der Waals surface area contributed by atoms with Crippen molar-refractivity contribution in [3.63, 3.8) is 0 Å². The third kappa shape index (κ3) is 5.31. The van der Waals surface area contributed by atoms with Crippen LogP contribution in [0.1, 0.15) is 27.0 Å². The molecule has 0 atom stereocenters. The van der Waals surface area contributed by atoms with Gasteiger partial charge in [0.05, 0.1) is 12.2 Å². The van der Waals surface area contributed by atoms with E-state index in [0.717, 1.165) is 41.3 Å². The molecular weight excluding hydrogens is 500 g/mol. The fraction of sp³-hybridized carbons (Fsp3) is 0.182. The van der Waals surface area contributed by atoms with E-state index >= 15 is 0 Å². The first-order valence-corrected chi connectivity index (χ1v) is 13.5. The molecular formula is C33H30N4O3. The SMILES string of the molecule is Cc1cccc(CN2C(=O)/C(=C\c3ccc(C(=O)N4CCN(c5ccccn5)CC4)cc3)Oc3ccccc32)c1. The van der Waals surface area contributed by atoms with Crippen LogP contribution in [0.25, 0.3) is 6.08 Å². The van der Waals surface area contributed by atoms with E-state index in [1.54, 1.807) is 17.2 Å². The molecule has 1 saturated heterocycles. The number of carbonyl (C=O) groups is 2. The van der Waals surface area contributed by atoms with Crippen molar-refractivity contribution < 1.29 is 14.3 Å². The molecule has 0 bridgehead atoms. The predicted octanol–water partition coefficient (Wildman–Crippen LogP) is 5.32. The van der Waals surface area contributed by atoms with E-state index in [1.807, 2.05) is 96.8 Å². The van der Waals surface area contributed by atoms with Crippen LogP contribution in [-0.2, 0) is 11.3 Å². The number of aromatic nitrogens is 1. The van der Waals surface area contributed by atoms with E-state index in [4.69, 9.17) is 4.74 Å². The average Bonchev–Trinajstić information content (AvgIpc) is 3.00. The van der Waals surface area contributed by atoms with E-state index in [-0.39, 0.29) is 17.6 Å². The predicted molar refractivity (Wildman–Crippen MR) is 156 cm³/mol. The van der Waals surface area contributed by atoms with E-state index in [1.165, 1.54) is 0 Å². The average molecular weight is 531 g/mol. The molecule has 7 heteroatoms. The number of fused-ring (bicyclic) bond motifs is 1. The van der Waals surface area contributed by atoms with Crippen molar-refractivity contribution in [1.29, 1.82) is 0 Å². The molecule has 7 nitrogen and oxygen atoms in total. The number of benzene rings is 3. The van der Waals surface area contributed by atoms with E-state index < -0.39 is 0 Å². The first-order chi connectivity index (χ1) is 19.5. The number of rotatable bonds is 5. The standard InChI is InChI=1S/C33H30N4O3/c1-24-7-6-8-26(21-24)23-37-28-9-2-3-10-29(28)40-30(33(37)39)22-25-12-14-27(15-13-25)32(38)36-19-17-35(18-20-36)31-11-4-5-16-34-31/h2-16,21-22H,17-20,23H2,1H3/b30-22+. The van der Waals surface area contributed by atoms with Gasteiger partial charge in [-0.1, -0.05) is 60.2 Å². The van der Waals surface area contributed by atoms with Gasteiger partial charge in [0.15, 0.2) is 11.5 Å². The highest BCUT2D eigenvalue weighted by molar-refractivity contribution is 6.09. The molecule has 200 valence electrons. The number of hydrogen-bond acceptors (Lipinski definition) is 5. The fourth-order valence-electron chi connectivity index (χ4n) is 5.15. The van der Waals surface area contributed by atoms with Crippen LogP contribution in [0.2, 0.25) is 0 Å². The molecule has 0 N–H and O–H groups in total. The molecule has 3 heterocycles. The smallest absolute Gasteiger partial charge is 0.294 e. The number of ether oxygens (including phenoxy) is 1. The van der Waals surface area contributed by atoms with Gasteiger partial charge in [-0.25, -0.2) is 4.98 Å². The highest BCUT2D eigenvalue weighted by atomic mass is 16.5. The van der Waals surface area contributed by atoms with Gasteiger partial charge >= 0.3 is 0 Å². The highest BCUT2D eigenvalue weighted by Gasteiger charge is 2.30. The number of anilines is 2. The molecule has 2 amide bonds. The Morgan fingerprint density at radius 2 is 1.68 bits per heavy atom. The van der Waals surface area contributed by atoms with Crippen LogP contribution in [0.3, 0.4) is 0 Å². The molecule has 40 heavy (non-hydrogen) atoms. The van der Waals surface area contributed by atoms with E-state index in [9.17, 15) is 9.59 Å². The van der Waals surface area contributed by atoms with Crippen LogP contribution in [0.5, 0.6) is 5.75 Å². The van der Waals surface area contributed by atoms with Gasteiger partial charge in [0.2, 0.25) is 0 Å². The minimum Gasteiger partial charge on any atom is -0.449 e. The summed E-state index contributed by atoms with van der Waals surface area (Å²) in [6, 6.07) is 28.9. The summed E-state index contributed by atoms with van der Waals surface area (Å²) in [5.74, 6) is 1.62. The zero-order valence-corrected chi connectivity index (χ0v) is 22.4. The highest BCUT2D eigenvalue weighted by Crippen LogP contribution is 2.36. The van der Waals surface area contributed by atoms with Crippen LogP contribution < -0.4 is 14.5 Å². The van der Waals surface area contributed by atoms with Crippen LogP contribution >= 0.6 is 0 Å². The van der Waals surface area contributed by atoms with Gasteiger partial charge < -0.3 is 14.5 Å². The Balaban J connectivity index is 1.17. The summed E-state index contributed by atoms with van der Waals surface area (Å²) in [7, 11) is 0. The Bertz CT molecular complexity index is 1560. The number of amides is 2. The second-order valence-corrected chi connectivity index (χ2v) is 10.0. The summed E-state index contributed by atoms with van der Waals surface area (Å²) in [5.41, 5.74) is 4.35. The molecule has 3 aromatic carbocycles. The normalized spacial score (nSPS) is 16.1. The molecule has 0 saturated carbocycles. The lowest BCUT2D eigenvalue weighted by molar-refractivity contribution is -0.117. The maximum absolute atomic E-state index is 13.6. The first kappa shape index (κ1) is 25.4. The number of nitrogens with zero attached hydrogens (tertiary/aromatic N) is 4. The zero-order valence-electron chi connectivity index (χ0n) is 22.4. The van der Waals surface area contributed by atoms with Crippen molar-refractivity contribution in [3.05, 3.63) is 125 Å². The Kier molecular flexibility index (Phi) is 7.02. The Morgan fingerprint density at radius 3 is 2.42 bits per heavy atom. The molecule has 2 aliphatic rings. The Labute approximate surface area is 233 Å². The minimum atomic E-state index is -0.203. The lowest BCUT2D eigenvalue weighted by Gasteiger charge is -2.35. The van der Waals surface area contributed by atoms with Crippen LogP contribution in [0.15, 0.2) is 103 Å². The molecule has 4 aromatic rings.